The van der Waals surface area contributed by atoms with E-state index in [-0.39, 0.29) is 5.91 Å². The molecule has 0 unspecified atom stereocenters. The van der Waals surface area contributed by atoms with Crippen molar-refractivity contribution < 1.29 is 14.3 Å². The number of methoxy groups -OCH3 is 1. The summed E-state index contributed by atoms with van der Waals surface area (Å²) >= 11 is 0. The number of carbonyl (C=O) groups excluding carboxylic acids is 2. The first kappa shape index (κ1) is 24.0. The van der Waals surface area contributed by atoms with Gasteiger partial charge in [-0.2, -0.15) is 0 Å². The number of benzene rings is 3. The molecule has 1 amide bonds. The molecule has 1 saturated heterocycles. The highest BCUT2D eigenvalue weighted by Gasteiger charge is 2.15. The summed E-state index contributed by atoms with van der Waals surface area (Å²) in [6.45, 7) is 8.37. The number of hydrogen-bond acceptors (Lipinski definition) is 6. The number of nitrogens with zero attached hydrogens (tertiary/aromatic N) is 1. The summed E-state index contributed by atoms with van der Waals surface area (Å²) in [5, 5.41) is 9.38. The van der Waals surface area contributed by atoms with Crippen LogP contribution >= 0.6 is 0 Å². The van der Waals surface area contributed by atoms with Crippen molar-refractivity contribution in [1.29, 1.82) is 0 Å². The van der Waals surface area contributed by atoms with Gasteiger partial charge in [-0.3, -0.25) is 4.79 Å². The Morgan fingerprint density at radius 2 is 1.63 bits per heavy atom. The van der Waals surface area contributed by atoms with E-state index in [9.17, 15) is 9.59 Å². The average molecular weight is 471 g/mol. The van der Waals surface area contributed by atoms with Crippen molar-refractivity contribution in [2.45, 2.75) is 6.42 Å². The fourth-order valence-electron chi connectivity index (χ4n) is 4.04. The number of ether oxygens (including phenoxy) is 1. The maximum absolute atomic E-state index is 12.3. The van der Waals surface area contributed by atoms with Gasteiger partial charge in [-0.15, -0.1) is 0 Å². The first-order valence-electron chi connectivity index (χ1n) is 11.6. The van der Waals surface area contributed by atoms with Crippen molar-refractivity contribution >= 4 is 28.9 Å². The number of esters is 1. The fraction of sp³-hybridized carbons (Fsp3) is 0.214. The van der Waals surface area contributed by atoms with Gasteiger partial charge in [0, 0.05) is 60.9 Å². The number of hydrogen-bond donors (Lipinski definition) is 3. The quantitative estimate of drug-likeness (QED) is 0.493. The monoisotopic (exact) mass is 470 g/mol. The van der Waals surface area contributed by atoms with Gasteiger partial charge in [-0.25, -0.2) is 4.79 Å². The molecule has 0 atom stereocenters. The van der Waals surface area contributed by atoms with E-state index in [2.05, 4.69) is 62.5 Å². The second kappa shape index (κ2) is 11.4. The molecule has 0 bridgehead atoms. The van der Waals surface area contributed by atoms with Crippen LogP contribution in [-0.2, 0) is 11.2 Å². The fourth-order valence-corrected chi connectivity index (χ4v) is 4.04. The zero-order chi connectivity index (χ0) is 24.6. The van der Waals surface area contributed by atoms with E-state index in [4.69, 9.17) is 0 Å². The van der Waals surface area contributed by atoms with Gasteiger partial charge in [-0.05, 0) is 60.2 Å². The SMILES string of the molecule is C=C1Cc2cc(NC(=O)c3ccc(C(=O)OC)cc3)ccc2N1.c1ccc(N2CCNCC2)cc1. The lowest BCUT2D eigenvalue weighted by Gasteiger charge is -2.29. The molecule has 35 heavy (non-hydrogen) atoms. The van der Waals surface area contributed by atoms with Crippen molar-refractivity contribution in [2.75, 3.05) is 48.8 Å². The molecule has 1 fully saturated rings. The Hall–Kier alpha value is -4.10. The molecule has 7 nitrogen and oxygen atoms in total. The number of anilines is 3. The first-order valence-corrected chi connectivity index (χ1v) is 11.6. The molecule has 180 valence electrons. The van der Waals surface area contributed by atoms with Crippen molar-refractivity contribution in [2.24, 2.45) is 0 Å². The van der Waals surface area contributed by atoms with E-state index in [0.717, 1.165) is 55.2 Å². The van der Waals surface area contributed by atoms with E-state index in [1.54, 1.807) is 24.3 Å². The van der Waals surface area contributed by atoms with Gasteiger partial charge in [-0.1, -0.05) is 24.8 Å². The Bertz CT molecular complexity index is 1190. The Kier molecular flexibility index (Phi) is 7.80. The maximum atomic E-state index is 12.3. The second-order valence-corrected chi connectivity index (χ2v) is 8.37. The molecule has 2 aliphatic rings. The predicted molar refractivity (Wildman–Crippen MR) is 140 cm³/mol. The molecule has 0 saturated carbocycles. The molecule has 2 aliphatic heterocycles. The summed E-state index contributed by atoms with van der Waals surface area (Å²) in [5.74, 6) is -0.658. The number of rotatable bonds is 4. The van der Waals surface area contributed by atoms with Crippen LogP contribution in [0.5, 0.6) is 0 Å². The molecular formula is C28H30N4O3. The number of amides is 1. The molecular weight excluding hydrogens is 440 g/mol. The molecule has 3 aromatic rings. The van der Waals surface area contributed by atoms with E-state index in [1.165, 1.54) is 12.8 Å². The van der Waals surface area contributed by atoms with Gasteiger partial charge >= 0.3 is 5.97 Å². The highest BCUT2D eigenvalue weighted by molar-refractivity contribution is 6.05. The average Bonchev–Trinajstić information content (AvgIpc) is 3.29. The van der Waals surface area contributed by atoms with Crippen LogP contribution in [0.25, 0.3) is 0 Å². The summed E-state index contributed by atoms with van der Waals surface area (Å²) in [4.78, 5) is 26.1. The second-order valence-electron chi connectivity index (χ2n) is 8.37. The lowest BCUT2D eigenvalue weighted by atomic mass is 10.1. The Labute approximate surface area is 205 Å². The summed E-state index contributed by atoms with van der Waals surface area (Å²) in [6, 6.07) is 22.6. The zero-order valence-electron chi connectivity index (χ0n) is 19.8. The number of para-hydroxylation sites is 1. The molecule has 3 aromatic carbocycles. The predicted octanol–water partition coefficient (Wildman–Crippen LogP) is 4.30. The number of allylic oxidation sites excluding steroid dienone is 1. The number of nitrogens with one attached hydrogen (secondary N) is 3. The molecule has 0 radical (unpaired) electrons. The largest absolute Gasteiger partial charge is 0.465 e. The first-order chi connectivity index (χ1) is 17.0. The number of carbonyl (C=O) groups is 2. The summed E-state index contributed by atoms with van der Waals surface area (Å²) < 4.78 is 4.63. The number of fused-ring (bicyclic) bond motifs is 1. The zero-order valence-corrected chi connectivity index (χ0v) is 19.8. The van der Waals surface area contributed by atoms with Gasteiger partial charge < -0.3 is 25.6 Å². The van der Waals surface area contributed by atoms with Gasteiger partial charge in [0.15, 0.2) is 0 Å². The van der Waals surface area contributed by atoms with Crippen molar-refractivity contribution in [1.82, 2.24) is 5.32 Å². The molecule has 0 aromatic heterocycles. The summed E-state index contributed by atoms with van der Waals surface area (Å²) in [5.41, 5.74) is 6.03. The van der Waals surface area contributed by atoms with Crippen LogP contribution in [0.15, 0.2) is 85.1 Å². The van der Waals surface area contributed by atoms with Crippen LogP contribution in [0.1, 0.15) is 26.3 Å². The lowest BCUT2D eigenvalue weighted by Crippen LogP contribution is -2.43. The molecule has 7 heteroatoms. The highest BCUT2D eigenvalue weighted by Crippen LogP contribution is 2.29. The van der Waals surface area contributed by atoms with Crippen LogP contribution < -0.4 is 20.9 Å². The van der Waals surface area contributed by atoms with Crippen LogP contribution in [0, 0.1) is 0 Å². The van der Waals surface area contributed by atoms with Gasteiger partial charge in [0.2, 0.25) is 0 Å². The Morgan fingerprint density at radius 1 is 0.943 bits per heavy atom. The van der Waals surface area contributed by atoms with Gasteiger partial charge in [0.25, 0.3) is 5.91 Å². The summed E-state index contributed by atoms with van der Waals surface area (Å²) in [7, 11) is 1.32. The van der Waals surface area contributed by atoms with Crippen molar-refractivity contribution in [3.8, 4) is 0 Å². The smallest absolute Gasteiger partial charge is 0.337 e. The minimum absolute atomic E-state index is 0.230. The van der Waals surface area contributed by atoms with E-state index >= 15 is 0 Å². The number of piperazine rings is 1. The molecule has 2 heterocycles. The third-order valence-corrected chi connectivity index (χ3v) is 5.88. The third-order valence-electron chi connectivity index (χ3n) is 5.88. The molecule has 5 rings (SSSR count). The van der Waals surface area contributed by atoms with E-state index in [1.807, 2.05) is 18.2 Å². The van der Waals surface area contributed by atoms with E-state index in [0.29, 0.717) is 11.1 Å². The Balaban J connectivity index is 0.000000201. The molecule has 0 spiro atoms. The van der Waals surface area contributed by atoms with Crippen molar-refractivity contribution in [3.05, 3.63) is 102 Å². The maximum Gasteiger partial charge on any atom is 0.337 e. The van der Waals surface area contributed by atoms with Gasteiger partial charge in [0.05, 0.1) is 12.7 Å². The standard InChI is InChI=1S/C18H16N2O3.C10H14N2/c1-11-9-14-10-15(7-8-16(14)19-11)20-17(21)12-3-5-13(6-4-12)18(22)23-2;1-2-4-10(5-3-1)12-8-6-11-7-9-12/h3-8,10,19H,1,9H2,2H3,(H,20,21);1-5,11H,6-9H2. The topological polar surface area (TPSA) is 82.7 Å². The Morgan fingerprint density at radius 3 is 2.31 bits per heavy atom. The summed E-state index contributed by atoms with van der Waals surface area (Å²) in [6.07, 6.45) is 0.757. The van der Waals surface area contributed by atoms with E-state index < -0.39 is 5.97 Å². The van der Waals surface area contributed by atoms with Gasteiger partial charge in [0.1, 0.15) is 0 Å². The normalized spacial score (nSPS) is 14.2. The van der Waals surface area contributed by atoms with Crippen molar-refractivity contribution in [3.63, 3.8) is 0 Å². The van der Waals surface area contributed by atoms with Crippen LogP contribution in [-0.4, -0.2) is 45.2 Å². The lowest BCUT2D eigenvalue weighted by molar-refractivity contribution is 0.0600. The van der Waals surface area contributed by atoms with Crippen LogP contribution in [0.2, 0.25) is 0 Å². The minimum Gasteiger partial charge on any atom is -0.465 e. The highest BCUT2D eigenvalue weighted by atomic mass is 16.5. The molecule has 0 aliphatic carbocycles. The van der Waals surface area contributed by atoms with Crippen LogP contribution in [0.4, 0.5) is 17.1 Å². The molecule has 3 N–H and O–H groups in total. The van der Waals surface area contributed by atoms with Crippen LogP contribution in [0.3, 0.4) is 0 Å². The minimum atomic E-state index is -0.427. The third kappa shape index (κ3) is 6.28.